The number of ketones is 2. The Balaban J connectivity index is 1.88. The average Bonchev–Trinajstić information content (AvgIpc) is 2.82. The van der Waals surface area contributed by atoms with Crippen LogP contribution in [-0.2, 0) is 19.1 Å². The van der Waals surface area contributed by atoms with Gasteiger partial charge < -0.3 is 9.47 Å². The van der Waals surface area contributed by atoms with E-state index in [9.17, 15) is 9.59 Å². The van der Waals surface area contributed by atoms with Crippen LogP contribution in [0.5, 0.6) is 0 Å². The van der Waals surface area contributed by atoms with E-state index in [1.165, 1.54) is 0 Å². The van der Waals surface area contributed by atoms with E-state index < -0.39 is 11.7 Å². The second-order valence-electron chi connectivity index (χ2n) is 6.88. The van der Waals surface area contributed by atoms with Crippen molar-refractivity contribution in [3.63, 3.8) is 0 Å². The first-order valence-corrected chi connectivity index (χ1v) is 9.43. The summed E-state index contributed by atoms with van der Waals surface area (Å²) in [6.07, 6.45) is 2.31. The number of carbonyl (C=O) groups excluding carboxylic acids is 2. The van der Waals surface area contributed by atoms with E-state index in [4.69, 9.17) is 9.47 Å². The van der Waals surface area contributed by atoms with Crippen molar-refractivity contribution in [3.8, 4) is 0 Å². The van der Waals surface area contributed by atoms with Gasteiger partial charge in [-0.3, -0.25) is 9.59 Å². The van der Waals surface area contributed by atoms with Gasteiger partial charge in [0.1, 0.15) is 11.6 Å². The lowest BCUT2D eigenvalue weighted by molar-refractivity contribution is -0.144. The molecule has 1 aromatic carbocycles. The Morgan fingerprint density at radius 1 is 1.08 bits per heavy atom. The van der Waals surface area contributed by atoms with Crippen LogP contribution in [0.3, 0.4) is 0 Å². The van der Waals surface area contributed by atoms with Gasteiger partial charge >= 0.3 is 0 Å². The van der Waals surface area contributed by atoms with Crippen LogP contribution in [0.15, 0.2) is 35.2 Å². The molecule has 2 fully saturated rings. The largest absolute Gasteiger partial charge is 0.348 e. The van der Waals surface area contributed by atoms with Gasteiger partial charge in [-0.2, -0.15) is 0 Å². The average molecular weight is 348 g/mol. The zero-order chi connectivity index (χ0) is 17.2. The van der Waals surface area contributed by atoms with Gasteiger partial charge in [0.2, 0.25) is 0 Å². The second kappa shape index (κ2) is 7.38. The summed E-state index contributed by atoms with van der Waals surface area (Å²) in [6, 6.07) is 9.89. The maximum absolute atomic E-state index is 12.6. The quantitative estimate of drug-likeness (QED) is 0.472. The first kappa shape index (κ1) is 17.6. The minimum atomic E-state index is -0.670. The van der Waals surface area contributed by atoms with Crippen LogP contribution in [0.1, 0.15) is 39.5 Å². The second-order valence-corrected chi connectivity index (χ2v) is 8.13. The Kier molecular flexibility index (Phi) is 5.42. The molecule has 1 aliphatic carbocycles. The van der Waals surface area contributed by atoms with E-state index in [-0.39, 0.29) is 22.9 Å². The minimum Gasteiger partial charge on any atom is -0.348 e. The number of ether oxygens (including phenoxy) is 2. The van der Waals surface area contributed by atoms with Crippen LogP contribution >= 0.6 is 11.8 Å². The molecule has 0 aromatic heterocycles. The highest BCUT2D eigenvalue weighted by atomic mass is 32.2. The molecule has 3 rings (SSSR count). The van der Waals surface area contributed by atoms with Crippen molar-refractivity contribution in [1.82, 2.24) is 0 Å². The molecule has 0 radical (unpaired) electrons. The SMILES string of the molecule is CC1(C)OC[C@H]([C@@H](Sc2ccccc2)C2C(=O)CCCCC2=O)O1. The number of rotatable bonds is 4. The summed E-state index contributed by atoms with van der Waals surface area (Å²) in [4.78, 5) is 26.3. The molecular formula is C19H24O4S. The van der Waals surface area contributed by atoms with Crippen molar-refractivity contribution in [2.75, 3.05) is 6.61 Å². The lowest BCUT2D eigenvalue weighted by atomic mass is 9.91. The highest BCUT2D eigenvalue weighted by Gasteiger charge is 2.45. The Morgan fingerprint density at radius 2 is 1.71 bits per heavy atom. The normalized spacial score (nSPS) is 26.3. The fourth-order valence-electron chi connectivity index (χ4n) is 3.35. The van der Waals surface area contributed by atoms with E-state index in [0.29, 0.717) is 19.4 Å². The number of carbonyl (C=O) groups is 2. The topological polar surface area (TPSA) is 52.6 Å². The third-order valence-corrected chi connectivity index (χ3v) is 5.92. The molecule has 5 heteroatoms. The molecule has 2 aliphatic rings. The van der Waals surface area contributed by atoms with Gasteiger partial charge in [0.05, 0.1) is 23.9 Å². The van der Waals surface area contributed by atoms with E-state index in [1.54, 1.807) is 11.8 Å². The van der Waals surface area contributed by atoms with Crippen LogP contribution in [-0.4, -0.2) is 35.3 Å². The summed E-state index contributed by atoms with van der Waals surface area (Å²) in [5.74, 6) is -1.16. The Labute approximate surface area is 147 Å². The fraction of sp³-hybridized carbons (Fsp3) is 0.579. The number of hydrogen-bond acceptors (Lipinski definition) is 5. The standard InChI is InChI=1S/C19H24O4S/c1-19(2)22-12-16(23-19)18(24-13-8-4-3-5-9-13)17-14(20)10-6-7-11-15(17)21/h3-5,8-9,16-18H,6-7,10-12H2,1-2H3/t16-,18-/m1/s1. The van der Waals surface area contributed by atoms with Gasteiger partial charge in [0.15, 0.2) is 5.79 Å². The summed E-state index contributed by atoms with van der Waals surface area (Å²) < 4.78 is 11.7. The monoisotopic (exact) mass is 348 g/mol. The van der Waals surface area contributed by atoms with Crippen molar-refractivity contribution in [1.29, 1.82) is 0 Å². The van der Waals surface area contributed by atoms with Crippen molar-refractivity contribution in [2.45, 2.75) is 61.6 Å². The number of benzene rings is 1. The minimum absolute atomic E-state index is 0.0548. The summed E-state index contributed by atoms with van der Waals surface area (Å²) in [5, 5.41) is -0.243. The van der Waals surface area contributed by atoms with Crippen molar-refractivity contribution in [2.24, 2.45) is 5.92 Å². The molecule has 0 spiro atoms. The fourth-order valence-corrected chi connectivity index (χ4v) is 4.70. The van der Waals surface area contributed by atoms with E-state index in [1.807, 2.05) is 44.2 Å². The highest BCUT2D eigenvalue weighted by molar-refractivity contribution is 8.00. The smallest absolute Gasteiger partial charge is 0.163 e. The maximum Gasteiger partial charge on any atom is 0.163 e. The Bertz CT molecular complexity index is 581. The summed E-state index contributed by atoms with van der Waals surface area (Å²) in [7, 11) is 0. The third-order valence-electron chi connectivity index (χ3n) is 4.53. The van der Waals surface area contributed by atoms with Crippen LogP contribution < -0.4 is 0 Å². The molecule has 0 unspecified atom stereocenters. The van der Waals surface area contributed by atoms with Crippen LogP contribution in [0, 0.1) is 5.92 Å². The van der Waals surface area contributed by atoms with Crippen LogP contribution in [0.2, 0.25) is 0 Å². The van der Waals surface area contributed by atoms with Crippen molar-refractivity contribution < 1.29 is 19.1 Å². The van der Waals surface area contributed by atoms with Gasteiger partial charge in [0.25, 0.3) is 0 Å². The van der Waals surface area contributed by atoms with Crippen LogP contribution in [0.4, 0.5) is 0 Å². The highest BCUT2D eigenvalue weighted by Crippen LogP contribution is 2.39. The molecule has 2 atom stereocenters. The number of thioether (sulfide) groups is 1. The predicted molar refractivity (Wildman–Crippen MR) is 93.0 cm³/mol. The maximum atomic E-state index is 12.6. The molecular weight excluding hydrogens is 324 g/mol. The Morgan fingerprint density at radius 3 is 2.25 bits per heavy atom. The first-order valence-electron chi connectivity index (χ1n) is 8.55. The molecule has 4 nitrogen and oxygen atoms in total. The van der Waals surface area contributed by atoms with Gasteiger partial charge in [-0.1, -0.05) is 18.2 Å². The molecule has 0 bridgehead atoms. The molecule has 130 valence electrons. The van der Waals surface area contributed by atoms with E-state index in [0.717, 1.165) is 17.7 Å². The molecule has 1 saturated heterocycles. The molecule has 24 heavy (non-hydrogen) atoms. The lowest BCUT2D eigenvalue weighted by Crippen LogP contribution is -2.41. The van der Waals surface area contributed by atoms with Gasteiger partial charge in [-0.05, 0) is 38.8 Å². The van der Waals surface area contributed by atoms with Crippen LogP contribution in [0.25, 0.3) is 0 Å². The molecule has 1 aliphatic heterocycles. The predicted octanol–water partition coefficient (Wildman–Crippen LogP) is 3.63. The summed E-state index contributed by atoms with van der Waals surface area (Å²) >= 11 is 1.56. The summed E-state index contributed by atoms with van der Waals surface area (Å²) in [6.45, 7) is 4.15. The van der Waals surface area contributed by atoms with E-state index in [2.05, 4.69) is 0 Å². The molecule has 1 aromatic rings. The first-order chi connectivity index (χ1) is 11.5. The van der Waals surface area contributed by atoms with Crippen molar-refractivity contribution in [3.05, 3.63) is 30.3 Å². The van der Waals surface area contributed by atoms with Gasteiger partial charge in [0, 0.05) is 17.7 Å². The lowest BCUT2D eigenvalue weighted by Gasteiger charge is -2.29. The molecule has 1 saturated carbocycles. The third kappa shape index (κ3) is 4.08. The number of hydrogen-bond donors (Lipinski definition) is 0. The van der Waals surface area contributed by atoms with Crippen molar-refractivity contribution >= 4 is 23.3 Å². The molecule has 0 amide bonds. The number of Topliss-reactive ketones (excluding diaryl/α,β-unsaturated/α-hetero) is 2. The molecule has 1 heterocycles. The molecule has 0 N–H and O–H groups in total. The zero-order valence-electron chi connectivity index (χ0n) is 14.2. The van der Waals surface area contributed by atoms with E-state index >= 15 is 0 Å². The summed E-state index contributed by atoms with van der Waals surface area (Å²) in [5.41, 5.74) is 0. The van der Waals surface area contributed by atoms with Gasteiger partial charge in [-0.25, -0.2) is 0 Å². The Hall–Kier alpha value is -1.17. The zero-order valence-corrected chi connectivity index (χ0v) is 15.0. The van der Waals surface area contributed by atoms with Gasteiger partial charge in [-0.15, -0.1) is 11.8 Å².